The van der Waals surface area contributed by atoms with Gasteiger partial charge in [0.1, 0.15) is 0 Å². The summed E-state index contributed by atoms with van der Waals surface area (Å²) in [5.74, 6) is 1.80. The Morgan fingerprint density at radius 1 is 1.30 bits per heavy atom. The molecule has 0 heterocycles. The Bertz CT molecular complexity index is 455. The lowest BCUT2D eigenvalue weighted by Gasteiger charge is -2.11. The molecule has 0 spiro atoms. The number of ether oxygens (including phenoxy) is 2. The number of rotatable bonds is 6. The summed E-state index contributed by atoms with van der Waals surface area (Å²) in [5, 5.41) is 3.03. The van der Waals surface area contributed by atoms with Crippen molar-refractivity contribution in [1.82, 2.24) is 5.32 Å². The largest absolute Gasteiger partial charge is 0.493 e. The topological polar surface area (TPSA) is 68.9 Å². The number of guanidine groups is 1. The fraction of sp³-hybridized carbons (Fsp3) is 0.462. The van der Waals surface area contributed by atoms with Gasteiger partial charge in [-0.3, -0.25) is 0 Å². The highest BCUT2D eigenvalue weighted by Gasteiger charge is 2.09. The maximum absolute atomic E-state index is 5.75. The number of halogens is 2. The normalized spacial score (nSPS) is 10.7. The zero-order valence-corrected chi connectivity index (χ0v) is 15.8. The van der Waals surface area contributed by atoms with Crippen LogP contribution < -0.4 is 20.5 Å². The number of hydrogen-bond acceptors (Lipinski definition) is 3. The number of aliphatic imine (C=N–C) groups is 1. The van der Waals surface area contributed by atoms with E-state index in [1.165, 1.54) is 0 Å². The lowest BCUT2D eigenvalue weighted by Crippen LogP contribution is -2.32. The highest BCUT2D eigenvalue weighted by atomic mass is 127. The first-order valence-corrected chi connectivity index (χ1v) is 6.85. The fourth-order valence-electron chi connectivity index (χ4n) is 1.50. The molecule has 1 aromatic carbocycles. The van der Waals surface area contributed by atoms with Crippen molar-refractivity contribution in [2.45, 2.75) is 19.9 Å². The van der Waals surface area contributed by atoms with E-state index in [9.17, 15) is 0 Å². The summed E-state index contributed by atoms with van der Waals surface area (Å²) in [5.41, 5.74) is 6.74. The van der Waals surface area contributed by atoms with E-state index in [1.807, 2.05) is 12.1 Å². The second-order valence-corrected chi connectivity index (χ2v) is 4.78. The number of nitrogens with zero attached hydrogens (tertiary/aromatic N) is 1. The van der Waals surface area contributed by atoms with Crippen LogP contribution in [-0.4, -0.2) is 26.7 Å². The van der Waals surface area contributed by atoms with Gasteiger partial charge in [-0.2, -0.15) is 0 Å². The van der Waals surface area contributed by atoms with Gasteiger partial charge in [0.2, 0.25) is 0 Å². The lowest BCUT2D eigenvalue weighted by atomic mass is 10.2. The van der Waals surface area contributed by atoms with Crippen LogP contribution in [0.4, 0.5) is 0 Å². The third-order valence-corrected chi connectivity index (χ3v) is 3.27. The summed E-state index contributed by atoms with van der Waals surface area (Å²) in [6.07, 6.45) is 1.01. The SMILES string of the molecule is CCCNC(N)=NCc1cc(OC)c(OC)cc1Br.I. The van der Waals surface area contributed by atoms with Crippen LogP contribution in [0.25, 0.3) is 0 Å². The quantitative estimate of drug-likeness (QED) is 0.391. The van der Waals surface area contributed by atoms with Crippen molar-refractivity contribution in [3.63, 3.8) is 0 Å². The summed E-state index contributed by atoms with van der Waals surface area (Å²) >= 11 is 3.49. The Balaban J connectivity index is 0.00000361. The zero-order valence-electron chi connectivity index (χ0n) is 11.9. The Hall–Kier alpha value is -0.700. The second-order valence-electron chi connectivity index (χ2n) is 3.93. The molecule has 0 aromatic heterocycles. The van der Waals surface area contributed by atoms with E-state index in [4.69, 9.17) is 15.2 Å². The van der Waals surface area contributed by atoms with Gasteiger partial charge in [0, 0.05) is 11.0 Å². The molecule has 0 aliphatic carbocycles. The summed E-state index contributed by atoms with van der Waals surface area (Å²) in [4.78, 5) is 4.28. The first kappa shape index (κ1) is 19.3. The molecule has 0 bridgehead atoms. The molecular weight excluding hydrogens is 437 g/mol. The van der Waals surface area contributed by atoms with Crippen LogP contribution >= 0.6 is 39.9 Å². The molecule has 114 valence electrons. The van der Waals surface area contributed by atoms with Crippen molar-refractivity contribution in [1.29, 1.82) is 0 Å². The minimum absolute atomic E-state index is 0. The summed E-state index contributed by atoms with van der Waals surface area (Å²) < 4.78 is 11.4. The van der Waals surface area contributed by atoms with Crippen molar-refractivity contribution in [2.75, 3.05) is 20.8 Å². The van der Waals surface area contributed by atoms with E-state index in [2.05, 4.69) is 33.2 Å². The number of nitrogens with two attached hydrogens (primary N) is 1. The number of nitrogens with one attached hydrogen (secondary N) is 1. The maximum Gasteiger partial charge on any atom is 0.188 e. The summed E-state index contributed by atoms with van der Waals surface area (Å²) in [6.45, 7) is 3.37. The molecule has 0 amide bonds. The van der Waals surface area contributed by atoms with Crippen molar-refractivity contribution in [3.05, 3.63) is 22.2 Å². The van der Waals surface area contributed by atoms with E-state index in [0.29, 0.717) is 24.0 Å². The third-order valence-electron chi connectivity index (χ3n) is 2.53. The molecule has 20 heavy (non-hydrogen) atoms. The lowest BCUT2D eigenvalue weighted by molar-refractivity contribution is 0.354. The van der Waals surface area contributed by atoms with E-state index in [1.54, 1.807) is 14.2 Å². The Kier molecular flexibility index (Phi) is 9.74. The van der Waals surface area contributed by atoms with E-state index < -0.39 is 0 Å². The first-order chi connectivity index (χ1) is 9.12. The smallest absolute Gasteiger partial charge is 0.188 e. The van der Waals surface area contributed by atoms with E-state index >= 15 is 0 Å². The molecule has 0 radical (unpaired) electrons. The van der Waals surface area contributed by atoms with Crippen LogP contribution in [0.1, 0.15) is 18.9 Å². The number of methoxy groups -OCH3 is 2. The van der Waals surface area contributed by atoms with Gasteiger partial charge in [-0.05, 0) is 24.1 Å². The third kappa shape index (κ3) is 5.74. The summed E-state index contributed by atoms with van der Waals surface area (Å²) in [6, 6.07) is 3.75. The number of benzene rings is 1. The van der Waals surface area contributed by atoms with Gasteiger partial charge in [-0.15, -0.1) is 24.0 Å². The van der Waals surface area contributed by atoms with Gasteiger partial charge < -0.3 is 20.5 Å². The van der Waals surface area contributed by atoms with Gasteiger partial charge in [0.25, 0.3) is 0 Å². The molecular formula is C13H21BrIN3O2. The van der Waals surface area contributed by atoms with Crippen LogP contribution in [-0.2, 0) is 6.54 Å². The molecule has 5 nitrogen and oxygen atoms in total. The maximum atomic E-state index is 5.75. The van der Waals surface area contributed by atoms with Crippen molar-refractivity contribution >= 4 is 45.9 Å². The van der Waals surface area contributed by atoms with Crippen molar-refractivity contribution < 1.29 is 9.47 Å². The van der Waals surface area contributed by atoms with Gasteiger partial charge in [0.05, 0.1) is 20.8 Å². The number of hydrogen-bond donors (Lipinski definition) is 2. The molecule has 0 fully saturated rings. The van der Waals surface area contributed by atoms with Gasteiger partial charge >= 0.3 is 0 Å². The molecule has 0 saturated carbocycles. The standard InChI is InChI=1S/C13H20BrN3O2.HI/c1-4-5-16-13(15)17-8-9-6-11(18-2)12(19-3)7-10(9)14;/h6-7H,4-5,8H2,1-3H3,(H3,15,16,17);1H. The van der Waals surface area contributed by atoms with E-state index in [0.717, 1.165) is 23.0 Å². The molecule has 0 saturated heterocycles. The molecule has 7 heteroatoms. The van der Waals surface area contributed by atoms with E-state index in [-0.39, 0.29) is 24.0 Å². The minimum Gasteiger partial charge on any atom is -0.493 e. The van der Waals surface area contributed by atoms with Crippen molar-refractivity contribution in [3.8, 4) is 11.5 Å². The minimum atomic E-state index is 0. The highest BCUT2D eigenvalue weighted by molar-refractivity contribution is 14.0. The molecule has 3 N–H and O–H groups in total. The predicted octanol–water partition coefficient (Wildman–Crippen LogP) is 2.90. The molecule has 1 aromatic rings. The van der Waals surface area contributed by atoms with Crippen molar-refractivity contribution in [2.24, 2.45) is 10.7 Å². The van der Waals surface area contributed by atoms with Crippen LogP contribution in [0.15, 0.2) is 21.6 Å². The van der Waals surface area contributed by atoms with Crippen LogP contribution in [0.3, 0.4) is 0 Å². The zero-order chi connectivity index (χ0) is 14.3. The average Bonchev–Trinajstić information content (AvgIpc) is 2.43. The Morgan fingerprint density at radius 3 is 2.45 bits per heavy atom. The second kappa shape index (κ2) is 10.1. The molecule has 0 atom stereocenters. The molecule has 0 aliphatic rings. The van der Waals surface area contributed by atoms with Crippen LogP contribution in [0.2, 0.25) is 0 Å². The first-order valence-electron chi connectivity index (χ1n) is 6.06. The van der Waals surface area contributed by atoms with Gasteiger partial charge in [-0.25, -0.2) is 4.99 Å². The Labute approximate surface area is 145 Å². The monoisotopic (exact) mass is 457 g/mol. The Morgan fingerprint density at radius 2 is 1.90 bits per heavy atom. The predicted molar refractivity (Wildman–Crippen MR) is 96.3 cm³/mol. The fourth-order valence-corrected chi connectivity index (χ4v) is 1.94. The van der Waals surface area contributed by atoms with Crippen LogP contribution in [0, 0.1) is 0 Å². The highest BCUT2D eigenvalue weighted by Crippen LogP contribution is 2.33. The molecule has 0 aliphatic heterocycles. The molecule has 1 rings (SSSR count). The summed E-state index contributed by atoms with van der Waals surface area (Å²) in [7, 11) is 3.21. The van der Waals surface area contributed by atoms with Crippen LogP contribution in [0.5, 0.6) is 11.5 Å². The molecule has 0 unspecified atom stereocenters. The average molecular weight is 458 g/mol. The van der Waals surface area contributed by atoms with Gasteiger partial charge in [0.15, 0.2) is 17.5 Å². The van der Waals surface area contributed by atoms with Gasteiger partial charge in [-0.1, -0.05) is 22.9 Å².